The van der Waals surface area contributed by atoms with Gasteiger partial charge in [0.15, 0.2) is 0 Å². The van der Waals surface area contributed by atoms with Gasteiger partial charge in [0.05, 0.1) is 0 Å². The fourth-order valence-corrected chi connectivity index (χ4v) is 3.26. The van der Waals surface area contributed by atoms with Crippen LogP contribution in [0.2, 0.25) is 0 Å². The molecule has 120 valence electrons. The van der Waals surface area contributed by atoms with E-state index in [0.29, 0.717) is 5.56 Å². The van der Waals surface area contributed by atoms with Crippen LogP contribution in [0.15, 0.2) is 29.6 Å². The maximum atomic E-state index is 12.4. The minimum absolute atomic E-state index is 0.157. The van der Waals surface area contributed by atoms with E-state index in [9.17, 15) is 21.6 Å². The average molecular weight is 351 g/mol. The van der Waals surface area contributed by atoms with Crippen LogP contribution < -0.4 is 9.92 Å². The summed E-state index contributed by atoms with van der Waals surface area (Å²) in [5.41, 5.74) is 1.82. The second-order valence-corrected chi connectivity index (χ2v) is 6.91. The van der Waals surface area contributed by atoms with Gasteiger partial charge in [-0.2, -0.15) is 21.6 Å². The molecule has 2 rings (SSSR count). The number of nitrogens with two attached hydrogens (primary N) is 1. The molecule has 0 bridgehead atoms. The summed E-state index contributed by atoms with van der Waals surface area (Å²) in [7, 11) is -5.73. The van der Waals surface area contributed by atoms with Crippen LogP contribution in [-0.2, 0) is 16.7 Å². The molecule has 0 spiro atoms. The molecule has 0 unspecified atom stereocenters. The van der Waals surface area contributed by atoms with Crippen LogP contribution >= 0.6 is 11.3 Å². The third kappa shape index (κ3) is 3.26. The molecule has 22 heavy (non-hydrogen) atoms. The Hall–Kier alpha value is -1.58. The predicted molar refractivity (Wildman–Crippen MR) is 78.0 cm³/mol. The summed E-state index contributed by atoms with van der Waals surface area (Å²) in [6.45, 7) is 1.71. The molecule has 0 saturated heterocycles. The van der Waals surface area contributed by atoms with Gasteiger partial charge >= 0.3 is 15.6 Å². The highest BCUT2D eigenvalue weighted by molar-refractivity contribution is 7.88. The van der Waals surface area contributed by atoms with E-state index in [1.54, 1.807) is 6.07 Å². The number of benzene rings is 1. The van der Waals surface area contributed by atoms with Crippen molar-refractivity contribution >= 4 is 21.5 Å². The molecule has 0 atom stereocenters. The second kappa shape index (κ2) is 5.90. The lowest BCUT2D eigenvalue weighted by Gasteiger charge is -2.14. The molecule has 0 saturated carbocycles. The van der Waals surface area contributed by atoms with E-state index in [1.807, 2.05) is 18.4 Å². The Morgan fingerprint density at radius 2 is 2.00 bits per heavy atom. The number of halogens is 3. The quantitative estimate of drug-likeness (QED) is 0.677. The highest BCUT2D eigenvalue weighted by atomic mass is 32.2. The highest BCUT2D eigenvalue weighted by Gasteiger charge is 2.48. The Labute approximate surface area is 129 Å². The molecule has 4 nitrogen and oxygen atoms in total. The van der Waals surface area contributed by atoms with Crippen LogP contribution in [0, 0.1) is 6.92 Å². The Morgan fingerprint density at radius 3 is 2.50 bits per heavy atom. The lowest BCUT2D eigenvalue weighted by atomic mass is 10.0. The van der Waals surface area contributed by atoms with Gasteiger partial charge in [-0.05, 0) is 35.6 Å². The van der Waals surface area contributed by atoms with Crippen LogP contribution in [0.25, 0.3) is 10.4 Å². The van der Waals surface area contributed by atoms with E-state index in [-0.39, 0.29) is 12.1 Å². The number of hydrogen-bond acceptors (Lipinski definition) is 5. The fourth-order valence-electron chi connectivity index (χ4n) is 1.82. The van der Waals surface area contributed by atoms with Crippen molar-refractivity contribution in [1.82, 2.24) is 0 Å². The fraction of sp³-hybridized carbons (Fsp3) is 0.231. The third-order valence-corrected chi connectivity index (χ3v) is 4.86. The standard InChI is InChI=1S/C13H12F3NO3S2/c1-8-5-12(21-7-8)9-3-2-4-11(10(9)6-17)20-22(18,19)13(14,15)16/h2-5,7H,6,17H2,1H3. The first-order valence-corrected chi connectivity index (χ1v) is 8.32. The summed E-state index contributed by atoms with van der Waals surface area (Å²) in [6.07, 6.45) is 0. The minimum Gasteiger partial charge on any atom is -0.376 e. The predicted octanol–water partition coefficient (Wildman–Crippen LogP) is 3.41. The van der Waals surface area contributed by atoms with Crippen molar-refractivity contribution in [2.24, 2.45) is 5.73 Å². The molecule has 9 heteroatoms. The van der Waals surface area contributed by atoms with E-state index in [4.69, 9.17) is 5.73 Å². The number of thiophene rings is 1. The number of rotatable bonds is 4. The normalized spacial score (nSPS) is 12.4. The van der Waals surface area contributed by atoms with E-state index in [0.717, 1.165) is 16.5 Å². The summed E-state index contributed by atoms with van der Waals surface area (Å²) in [6, 6.07) is 6.06. The Kier molecular flexibility index (Phi) is 4.50. The minimum atomic E-state index is -5.73. The van der Waals surface area contributed by atoms with Crippen molar-refractivity contribution in [3.8, 4) is 16.2 Å². The third-order valence-electron chi connectivity index (χ3n) is 2.82. The number of aryl methyl sites for hydroxylation is 1. The molecule has 2 N–H and O–H groups in total. The van der Waals surface area contributed by atoms with E-state index < -0.39 is 21.4 Å². The number of hydrogen-bond donors (Lipinski definition) is 1. The van der Waals surface area contributed by atoms with Crippen LogP contribution in [0.1, 0.15) is 11.1 Å². The molecule has 0 aliphatic heterocycles. The van der Waals surface area contributed by atoms with Gasteiger partial charge in [-0.25, -0.2) is 0 Å². The molecule has 1 aromatic heterocycles. The van der Waals surface area contributed by atoms with Gasteiger partial charge in [0, 0.05) is 17.0 Å². The van der Waals surface area contributed by atoms with E-state index in [1.165, 1.54) is 17.4 Å². The molecule has 1 aromatic carbocycles. The van der Waals surface area contributed by atoms with Crippen molar-refractivity contribution in [1.29, 1.82) is 0 Å². The molecular weight excluding hydrogens is 339 g/mol. The maximum Gasteiger partial charge on any atom is 0.534 e. The van der Waals surface area contributed by atoms with Crippen molar-refractivity contribution in [3.05, 3.63) is 40.8 Å². The summed E-state index contributed by atoms with van der Waals surface area (Å²) in [4.78, 5) is 0.771. The maximum absolute atomic E-state index is 12.4. The first-order valence-electron chi connectivity index (χ1n) is 6.04. The zero-order valence-corrected chi connectivity index (χ0v) is 13.0. The largest absolute Gasteiger partial charge is 0.534 e. The van der Waals surface area contributed by atoms with Crippen molar-refractivity contribution in [3.63, 3.8) is 0 Å². The Morgan fingerprint density at radius 1 is 1.32 bits per heavy atom. The van der Waals surface area contributed by atoms with Gasteiger partial charge in [-0.15, -0.1) is 11.3 Å². The zero-order valence-electron chi connectivity index (χ0n) is 11.3. The van der Waals surface area contributed by atoms with Gasteiger partial charge in [0.2, 0.25) is 0 Å². The summed E-state index contributed by atoms with van der Waals surface area (Å²) < 4.78 is 63.9. The molecule has 1 heterocycles. The Balaban J connectivity index is 2.51. The van der Waals surface area contributed by atoms with Crippen LogP contribution in [0.5, 0.6) is 5.75 Å². The van der Waals surface area contributed by atoms with Crippen molar-refractivity contribution in [2.45, 2.75) is 19.0 Å². The van der Waals surface area contributed by atoms with Gasteiger partial charge in [0.25, 0.3) is 0 Å². The highest BCUT2D eigenvalue weighted by Crippen LogP contribution is 2.36. The van der Waals surface area contributed by atoms with E-state index in [2.05, 4.69) is 4.18 Å². The van der Waals surface area contributed by atoms with Crippen molar-refractivity contribution < 1.29 is 25.8 Å². The first kappa shape index (κ1) is 16.8. The summed E-state index contributed by atoms with van der Waals surface area (Å²) in [5, 5.41) is 1.87. The zero-order chi connectivity index (χ0) is 16.5. The van der Waals surface area contributed by atoms with Crippen LogP contribution in [-0.4, -0.2) is 13.9 Å². The molecule has 0 aliphatic carbocycles. The molecule has 0 aliphatic rings. The molecule has 0 fully saturated rings. The Bertz CT molecular complexity index is 782. The van der Waals surface area contributed by atoms with Crippen LogP contribution in [0.3, 0.4) is 0 Å². The number of alkyl halides is 3. The van der Waals surface area contributed by atoms with Crippen LogP contribution in [0.4, 0.5) is 13.2 Å². The van der Waals surface area contributed by atoms with Gasteiger partial charge in [0.1, 0.15) is 5.75 Å². The second-order valence-electron chi connectivity index (χ2n) is 4.46. The van der Waals surface area contributed by atoms with Crippen molar-refractivity contribution in [2.75, 3.05) is 0 Å². The molecule has 0 amide bonds. The average Bonchev–Trinajstić information content (AvgIpc) is 2.83. The van der Waals surface area contributed by atoms with E-state index >= 15 is 0 Å². The molecule has 2 aromatic rings. The summed E-state index contributed by atoms with van der Waals surface area (Å²) >= 11 is 1.38. The molecule has 0 radical (unpaired) electrons. The monoisotopic (exact) mass is 351 g/mol. The topological polar surface area (TPSA) is 69.4 Å². The summed E-state index contributed by atoms with van der Waals surface area (Å²) in [5.74, 6) is -0.414. The van der Waals surface area contributed by atoms with Gasteiger partial charge in [-0.3, -0.25) is 0 Å². The van der Waals surface area contributed by atoms with Gasteiger partial charge in [-0.1, -0.05) is 12.1 Å². The lowest BCUT2D eigenvalue weighted by molar-refractivity contribution is -0.0500. The lowest BCUT2D eigenvalue weighted by Crippen LogP contribution is -2.28. The molecular formula is C13H12F3NO3S2. The smallest absolute Gasteiger partial charge is 0.376 e. The SMILES string of the molecule is Cc1csc(-c2cccc(OS(=O)(=O)C(F)(F)F)c2CN)c1. The van der Waals surface area contributed by atoms with Gasteiger partial charge < -0.3 is 9.92 Å². The first-order chi connectivity index (χ1) is 10.2.